The van der Waals surface area contributed by atoms with Crippen molar-refractivity contribution in [1.82, 2.24) is 34.6 Å². The minimum Gasteiger partial charge on any atom is -0.390 e. The molecule has 0 saturated carbocycles. The molecule has 1 aliphatic heterocycles. The number of fused-ring (bicyclic) bond motifs is 2. The van der Waals surface area contributed by atoms with Crippen LogP contribution in [0.15, 0.2) is 30.9 Å². The first-order valence-corrected chi connectivity index (χ1v) is 14.7. The van der Waals surface area contributed by atoms with E-state index in [1.807, 2.05) is 6.92 Å². The molecule has 5 heterocycles. The molecule has 5 N–H and O–H groups in total. The summed E-state index contributed by atoms with van der Waals surface area (Å²) >= 11 is 0. The molecule has 0 fully saturated rings. The van der Waals surface area contributed by atoms with E-state index in [2.05, 4.69) is 65.4 Å². The van der Waals surface area contributed by atoms with Crippen molar-refractivity contribution in [2.45, 2.75) is 78.0 Å². The summed E-state index contributed by atoms with van der Waals surface area (Å²) in [5, 5.41) is 32.4. The summed E-state index contributed by atoms with van der Waals surface area (Å²) in [5.74, 6) is 1.46. The second-order valence-corrected chi connectivity index (χ2v) is 11.1. The van der Waals surface area contributed by atoms with E-state index in [-0.39, 0.29) is 6.04 Å². The van der Waals surface area contributed by atoms with Crippen LogP contribution in [0.1, 0.15) is 55.3 Å². The number of aliphatic hydroxyl groups excluding tert-OH is 1. The van der Waals surface area contributed by atoms with Crippen LogP contribution in [-0.2, 0) is 19.4 Å². The van der Waals surface area contributed by atoms with Crippen molar-refractivity contribution >= 4 is 22.8 Å². The van der Waals surface area contributed by atoms with Crippen molar-refractivity contribution in [3.63, 3.8) is 0 Å². The fourth-order valence-electron chi connectivity index (χ4n) is 5.53. The fourth-order valence-corrected chi connectivity index (χ4v) is 5.53. The molecular formula is C29H43N10O2+. The van der Waals surface area contributed by atoms with Gasteiger partial charge in [-0.05, 0) is 83.5 Å². The Hall–Kier alpha value is -3.77. The number of aromatic nitrogens is 7. The van der Waals surface area contributed by atoms with Crippen molar-refractivity contribution in [3.8, 4) is 0 Å². The Bertz CT molecular complexity index is 1430. The molecule has 2 atom stereocenters. The zero-order chi connectivity index (χ0) is 28.8. The molecule has 0 spiro atoms. The van der Waals surface area contributed by atoms with Gasteiger partial charge in [0.05, 0.1) is 30.7 Å². The van der Waals surface area contributed by atoms with Gasteiger partial charge in [0.25, 0.3) is 12.1 Å². The van der Waals surface area contributed by atoms with Gasteiger partial charge in [0.1, 0.15) is 5.82 Å². The molecule has 0 aliphatic carbocycles. The second-order valence-electron chi connectivity index (χ2n) is 11.1. The van der Waals surface area contributed by atoms with Gasteiger partial charge in [0.2, 0.25) is 11.2 Å². The third-order valence-electron chi connectivity index (χ3n) is 7.87. The van der Waals surface area contributed by atoms with Crippen LogP contribution in [0, 0.1) is 13.8 Å². The van der Waals surface area contributed by atoms with Gasteiger partial charge in [-0.3, -0.25) is 10.00 Å². The number of aryl methyl sites for hydroxylation is 4. The number of H-pyrrole nitrogens is 1. The van der Waals surface area contributed by atoms with E-state index in [0.29, 0.717) is 23.4 Å². The summed E-state index contributed by atoms with van der Waals surface area (Å²) < 4.78 is 2.99. The van der Waals surface area contributed by atoms with Gasteiger partial charge in [0.15, 0.2) is 0 Å². The van der Waals surface area contributed by atoms with Crippen molar-refractivity contribution in [1.29, 1.82) is 0 Å². The van der Waals surface area contributed by atoms with Crippen LogP contribution in [0.5, 0.6) is 0 Å². The molecule has 0 aromatic carbocycles. The lowest BCUT2D eigenvalue weighted by Crippen LogP contribution is -2.42. The van der Waals surface area contributed by atoms with Gasteiger partial charge < -0.3 is 25.5 Å². The molecule has 0 saturated heterocycles. The standard InChI is InChI=1S/C29H42N10O2/c1-20-17-21(2)38(36-20)16-15-37(13-5-4-8-24-10-9-23-7-6-12-30-27(23)34-24)14-11-25(22(3)40)35-29-26-28(32-18-31-26)33-19-39(29)41/h9-10,17-19,22,25,40-41H,4-8,11-16H2,1-3H3,(H2,30,31,32,34,35)/p+1/t22?,25-/m0/s1. The molecule has 12 nitrogen and oxygen atoms in total. The predicted molar refractivity (Wildman–Crippen MR) is 157 cm³/mol. The average Bonchev–Trinajstić information content (AvgIpc) is 3.57. The largest absolute Gasteiger partial charge is 0.390 e. The van der Waals surface area contributed by atoms with E-state index < -0.39 is 6.10 Å². The number of hydrogen-bond acceptors (Lipinski definition) is 9. The van der Waals surface area contributed by atoms with Gasteiger partial charge in [0, 0.05) is 31.0 Å². The minimum absolute atomic E-state index is 0.293. The number of anilines is 2. The maximum atomic E-state index is 10.6. The van der Waals surface area contributed by atoms with Crippen LogP contribution in [0.2, 0.25) is 0 Å². The zero-order valence-corrected chi connectivity index (χ0v) is 24.3. The first-order valence-electron chi connectivity index (χ1n) is 14.7. The summed E-state index contributed by atoms with van der Waals surface area (Å²) in [6.45, 7) is 10.3. The van der Waals surface area contributed by atoms with Gasteiger partial charge in [-0.15, -0.1) is 0 Å². The van der Waals surface area contributed by atoms with E-state index in [1.54, 1.807) is 6.92 Å². The highest BCUT2D eigenvalue weighted by atomic mass is 16.5. The van der Waals surface area contributed by atoms with Crippen LogP contribution >= 0.6 is 0 Å². The third kappa shape index (κ3) is 7.31. The fraction of sp³-hybridized carbons (Fsp3) is 0.552. The van der Waals surface area contributed by atoms with E-state index in [9.17, 15) is 10.3 Å². The zero-order valence-electron chi connectivity index (χ0n) is 24.3. The maximum Gasteiger partial charge on any atom is 0.291 e. The van der Waals surface area contributed by atoms with Crippen LogP contribution in [-0.4, -0.2) is 83.3 Å². The number of nitrogens with zero attached hydrogens (tertiary/aromatic N) is 7. The van der Waals surface area contributed by atoms with Gasteiger partial charge >= 0.3 is 0 Å². The Morgan fingerprint density at radius 1 is 1.17 bits per heavy atom. The van der Waals surface area contributed by atoms with Crippen LogP contribution < -0.4 is 15.4 Å². The van der Waals surface area contributed by atoms with E-state index in [0.717, 1.165) is 86.0 Å². The molecule has 220 valence electrons. The molecule has 5 rings (SSSR count). The van der Waals surface area contributed by atoms with Crippen molar-refractivity contribution in [3.05, 3.63) is 53.5 Å². The number of unbranched alkanes of at least 4 members (excludes halogenated alkanes) is 1. The van der Waals surface area contributed by atoms with Crippen LogP contribution in [0.25, 0.3) is 11.2 Å². The molecule has 1 unspecified atom stereocenters. The first-order chi connectivity index (χ1) is 19.9. The molecule has 1 aliphatic rings. The summed E-state index contributed by atoms with van der Waals surface area (Å²) in [6.07, 6.45) is 8.23. The molecule has 41 heavy (non-hydrogen) atoms. The Kier molecular flexibility index (Phi) is 9.30. The number of imidazole rings is 1. The number of pyridine rings is 1. The molecule has 0 bridgehead atoms. The molecule has 0 amide bonds. The quantitative estimate of drug-likeness (QED) is 0.0888. The normalized spacial score (nSPS) is 14.7. The highest BCUT2D eigenvalue weighted by Gasteiger charge is 2.25. The number of aromatic amines is 1. The van der Waals surface area contributed by atoms with E-state index >= 15 is 0 Å². The minimum atomic E-state index is -0.640. The topological polar surface area (TPSA) is 144 Å². The van der Waals surface area contributed by atoms with Crippen molar-refractivity contribution in [2.24, 2.45) is 0 Å². The average molecular weight is 564 g/mol. The summed E-state index contributed by atoms with van der Waals surface area (Å²) in [7, 11) is 0. The Morgan fingerprint density at radius 2 is 2.05 bits per heavy atom. The van der Waals surface area contributed by atoms with Crippen molar-refractivity contribution < 1.29 is 15.0 Å². The molecule has 0 radical (unpaired) electrons. The number of rotatable bonds is 14. The first kappa shape index (κ1) is 28.7. The Morgan fingerprint density at radius 3 is 2.85 bits per heavy atom. The number of nitrogens with one attached hydrogen (secondary N) is 3. The predicted octanol–water partition coefficient (Wildman–Crippen LogP) is 2.63. The molecule has 4 aromatic heterocycles. The Labute approximate surface area is 240 Å². The number of hydrogen-bond donors (Lipinski definition) is 5. The van der Waals surface area contributed by atoms with Gasteiger partial charge in [-0.25, -0.2) is 9.97 Å². The Balaban J connectivity index is 1.20. The van der Waals surface area contributed by atoms with E-state index in [4.69, 9.17) is 4.98 Å². The van der Waals surface area contributed by atoms with Gasteiger partial charge in [-0.1, -0.05) is 15.8 Å². The highest BCUT2D eigenvalue weighted by molar-refractivity contribution is 5.80. The van der Waals surface area contributed by atoms with Crippen LogP contribution in [0.4, 0.5) is 11.6 Å². The molecular weight excluding hydrogens is 520 g/mol. The van der Waals surface area contributed by atoms with Crippen LogP contribution in [0.3, 0.4) is 0 Å². The SMILES string of the molecule is Cc1cc(C)n(CCN(CCCCc2ccc3c(n2)NCCC3)CC[C@H](Nc2c3nc[nH]c3nc[n+]2O)C(C)O)n1. The lowest BCUT2D eigenvalue weighted by molar-refractivity contribution is -0.894. The lowest BCUT2D eigenvalue weighted by atomic mass is 10.1. The summed E-state index contributed by atoms with van der Waals surface area (Å²) in [6, 6.07) is 6.21. The third-order valence-corrected chi connectivity index (χ3v) is 7.87. The molecule has 4 aromatic rings. The second kappa shape index (κ2) is 13.3. The summed E-state index contributed by atoms with van der Waals surface area (Å²) in [5.41, 5.74) is 5.74. The smallest absolute Gasteiger partial charge is 0.291 e. The van der Waals surface area contributed by atoms with E-state index in [1.165, 1.54) is 24.6 Å². The van der Waals surface area contributed by atoms with Gasteiger partial charge in [-0.2, -0.15) is 5.10 Å². The number of aliphatic hydroxyl groups is 1. The van der Waals surface area contributed by atoms with Crippen molar-refractivity contribution in [2.75, 3.05) is 36.8 Å². The monoisotopic (exact) mass is 563 g/mol. The summed E-state index contributed by atoms with van der Waals surface area (Å²) in [4.78, 5) is 18.7. The molecule has 12 heteroatoms. The highest BCUT2D eigenvalue weighted by Crippen LogP contribution is 2.21. The maximum absolute atomic E-state index is 10.6. The lowest BCUT2D eigenvalue weighted by Gasteiger charge is -2.26.